The Morgan fingerprint density at radius 2 is 1.64 bits per heavy atom. The number of nitrogens with one attached hydrogen (secondary N) is 2. The van der Waals surface area contributed by atoms with E-state index < -0.39 is 15.9 Å². The molecule has 1 saturated heterocycles. The number of pyridine rings is 1. The number of anilines is 1. The third kappa shape index (κ3) is 5.57. The Kier molecular flexibility index (Phi) is 7.02. The number of carbonyl (C=O) groups is 1. The smallest absolute Gasteiger partial charge is 0.276 e. The summed E-state index contributed by atoms with van der Waals surface area (Å²) in [6.45, 7) is 1.88. The fraction of sp³-hybridized carbons (Fsp3) is 0.250. The summed E-state index contributed by atoms with van der Waals surface area (Å²) in [6.07, 6.45) is 3.08. The zero-order valence-electron chi connectivity index (χ0n) is 18.0. The van der Waals surface area contributed by atoms with Gasteiger partial charge in [0.1, 0.15) is 5.82 Å². The highest BCUT2D eigenvalue weighted by molar-refractivity contribution is 7.89. The van der Waals surface area contributed by atoms with Gasteiger partial charge in [-0.2, -0.15) is 0 Å². The standard InChI is InChI=1S/C24H26N4O4S/c29-24(27-30)21-8-11-23(25-17-21)28-14-12-18(13-15-28)16-26-33(31,32)22-9-6-20(7-10-22)19-4-2-1-3-5-19/h1-11,17-18,26,30H,12-16H2,(H,27,29). The van der Waals surface area contributed by atoms with Gasteiger partial charge >= 0.3 is 0 Å². The first-order valence-electron chi connectivity index (χ1n) is 10.8. The molecule has 2 aromatic carbocycles. The molecule has 0 bridgehead atoms. The minimum Gasteiger partial charge on any atom is -0.357 e. The number of sulfonamides is 1. The summed E-state index contributed by atoms with van der Waals surface area (Å²) in [5, 5.41) is 8.69. The van der Waals surface area contributed by atoms with E-state index in [-0.39, 0.29) is 16.4 Å². The van der Waals surface area contributed by atoms with Crippen LogP contribution in [0.4, 0.5) is 5.82 Å². The molecule has 2 heterocycles. The van der Waals surface area contributed by atoms with Crippen LogP contribution < -0.4 is 15.1 Å². The SMILES string of the molecule is O=C(NO)c1ccc(N2CCC(CNS(=O)(=O)c3ccc(-c4ccccc4)cc3)CC2)nc1. The summed E-state index contributed by atoms with van der Waals surface area (Å²) >= 11 is 0. The highest BCUT2D eigenvalue weighted by Gasteiger charge is 2.23. The van der Waals surface area contributed by atoms with Gasteiger partial charge in [0, 0.05) is 25.8 Å². The molecule has 0 atom stereocenters. The fourth-order valence-corrected chi connectivity index (χ4v) is 5.02. The molecule has 0 aliphatic carbocycles. The molecule has 0 radical (unpaired) electrons. The molecule has 3 aromatic rings. The normalized spacial score (nSPS) is 14.8. The van der Waals surface area contributed by atoms with Crippen LogP contribution in [-0.4, -0.2) is 44.2 Å². The number of benzene rings is 2. The third-order valence-corrected chi connectivity index (χ3v) is 7.32. The highest BCUT2D eigenvalue weighted by atomic mass is 32.2. The fourth-order valence-electron chi connectivity index (χ4n) is 3.91. The van der Waals surface area contributed by atoms with Gasteiger partial charge in [-0.15, -0.1) is 0 Å². The molecule has 1 aliphatic rings. The molecule has 8 nitrogen and oxygen atoms in total. The van der Waals surface area contributed by atoms with Crippen LogP contribution in [0.25, 0.3) is 11.1 Å². The molecule has 0 saturated carbocycles. The van der Waals surface area contributed by atoms with Crippen LogP contribution in [0.1, 0.15) is 23.2 Å². The summed E-state index contributed by atoms with van der Waals surface area (Å²) in [4.78, 5) is 18.1. The van der Waals surface area contributed by atoms with Crippen LogP contribution in [-0.2, 0) is 10.0 Å². The van der Waals surface area contributed by atoms with Crippen molar-refractivity contribution in [3.05, 3.63) is 78.5 Å². The zero-order chi connectivity index (χ0) is 23.3. The number of nitrogens with zero attached hydrogens (tertiary/aromatic N) is 2. The Bertz CT molecular complexity index is 1180. The molecule has 172 valence electrons. The molecular formula is C24H26N4O4S. The number of amides is 1. The Labute approximate surface area is 193 Å². The minimum absolute atomic E-state index is 0.235. The van der Waals surface area contributed by atoms with Gasteiger partial charge in [-0.1, -0.05) is 42.5 Å². The van der Waals surface area contributed by atoms with Crippen molar-refractivity contribution >= 4 is 21.7 Å². The van der Waals surface area contributed by atoms with E-state index in [9.17, 15) is 13.2 Å². The summed E-state index contributed by atoms with van der Waals surface area (Å²) in [6, 6.07) is 20.1. The zero-order valence-corrected chi connectivity index (χ0v) is 18.8. The Morgan fingerprint density at radius 1 is 0.970 bits per heavy atom. The molecule has 0 unspecified atom stereocenters. The van der Waals surface area contributed by atoms with Crippen molar-refractivity contribution in [3.63, 3.8) is 0 Å². The van der Waals surface area contributed by atoms with Crippen LogP contribution in [0.15, 0.2) is 77.8 Å². The number of piperidine rings is 1. The molecule has 4 rings (SSSR count). The lowest BCUT2D eigenvalue weighted by Crippen LogP contribution is -2.39. The second-order valence-electron chi connectivity index (χ2n) is 8.02. The average Bonchev–Trinajstić information content (AvgIpc) is 2.88. The predicted octanol–water partition coefficient (Wildman–Crippen LogP) is 3.06. The molecule has 1 aliphatic heterocycles. The van der Waals surface area contributed by atoms with Crippen LogP contribution in [0.3, 0.4) is 0 Å². The molecule has 1 amide bonds. The Hall–Kier alpha value is -3.27. The monoisotopic (exact) mass is 466 g/mol. The van der Waals surface area contributed by atoms with E-state index in [1.54, 1.807) is 29.7 Å². The Balaban J connectivity index is 1.29. The van der Waals surface area contributed by atoms with Crippen LogP contribution >= 0.6 is 0 Å². The Morgan fingerprint density at radius 3 is 2.24 bits per heavy atom. The van der Waals surface area contributed by atoms with Gasteiger partial charge in [0.05, 0.1) is 10.5 Å². The number of hydroxylamine groups is 1. The molecule has 1 fully saturated rings. The topological polar surface area (TPSA) is 112 Å². The number of rotatable bonds is 7. The van der Waals surface area contributed by atoms with Crippen LogP contribution in [0.2, 0.25) is 0 Å². The van der Waals surface area contributed by atoms with E-state index in [1.807, 2.05) is 42.5 Å². The highest BCUT2D eigenvalue weighted by Crippen LogP contribution is 2.23. The second kappa shape index (κ2) is 10.1. The number of hydrogen-bond acceptors (Lipinski definition) is 6. The van der Waals surface area contributed by atoms with Gasteiger partial charge in [0.25, 0.3) is 5.91 Å². The second-order valence-corrected chi connectivity index (χ2v) is 9.79. The molecule has 3 N–H and O–H groups in total. The van der Waals surface area contributed by atoms with Gasteiger partial charge < -0.3 is 4.90 Å². The van der Waals surface area contributed by atoms with Crippen LogP contribution in [0.5, 0.6) is 0 Å². The molecule has 0 spiro atoms. The van der Waals surface area contributed by atoms with E-state index in [2.05, 4.69) is 14.6 Å². The summed E-state index contributed by atoms with van der Waals surface area (Å²) in [5.74, 6) is 0.385. The van der Waals surface area contributed by atoms with Crippen molar-refractivity contribution in [1.82, 2.24) is 15.2 Å². The molecule has 33 heavy (non-hydrogen) atoms. The average molecular weight is 467 g/mol. The van der Waals surface area contributed by atoms with Gasteiger partial charge in [0.2, 0.25) is 10.0 Å². The maximum Gasteiger partial charge on any atom is 0.276 e. The first-order valence-corrected chi connectivity index (χ1v) is 12.3. The summed E-state index contributed by atoms with van der Waals surface area (Å²) in [5.41, 5.74) is 3.88. The number of carbonyl (C=O) groups excluding carboxylic acids is 1. The van der Waals surface area contributed by atoms with E-state index >= 15 is 0 Å². The lowest BCUT2D eigenvalue weighted by atomic mass is 9.97. The maximum absolute atomic E-state index is 12.7. The van der Waals surface area contributed by atoms with Gasteiger partial charge in [-0.3, -0.25) is 10.0 Å². The minimum atomic E-state index is -3.57. The number of aromatic nitrogens is 1. The van der Waals surface area contributed by atoms with Crippen LogP contribution in [0, 0.1) is 5.92 Å². The van der Waals surface area contributed by atoms with Crippen molar-refractivity contribution in [2.75, 3.05) is 24.5 Å². The molecule has 1 aromatic heterocycles. The van der Waals surface area contributed by atoms with Gasteiger partial charge in [0.15, 0.2) is 0 Å². The van der Waals surface area contributed by atoms with E-state index in [4.69, 9.17) is 5.21 Å². The lowest BCUT2D eigenvalue weighted by molar-refractivity contribution is 0.0706. The van der Waals surface area contributed by atoms with E-state index in [1.165, 1.54) is 6.20 Å². The van der Waals surface area contributed by atoms with Crippen molar-refractivity contribution in [3.8, 4) is 11.1 Å². The summed E-state index contributed by atoms with van der Waals surface area (Å²) in [7, 11) is -3.57. The molecular weight excluding hydrogens is 440 g/mol. The predicted molar refractivity (Wildman–Crippen MR) is 125 cm³/mol. The first-order chi connectivity index (χ1) is 16.0. The summed E-state index contributed by atoms with van der Waals surface area (Å²) < 4.78 is 28.2. The van der Waals surface area contributed by atoms with Gasteiger partial charge in [-0.05, 0) is 54.2 Å². The van der Waals surface area contributed by atoms with Crippen molar-refractivity contribution in [2.45, 2.75) is 17.7 Å². The van der Waals surface area contributed by atoms with Crippen molar-refractivity contribution < 1.29 is 18.4 Å². The van der Waals surface area contributed by atoms with Crippen molar-refractivity contribution in [2.24, 2.45) is 5.92 Å². The van der Waals surface area contributed by atoms with Gasteiger partial charge in [-0.25, -0.2) is 23.6 Å². The molecule has 9 heteroatoms. The maximum atomic E-state index is 12.7. The quantitative estimate of drug-likeness (QED) is 0.365. The largest absolute Gasteiger partial charge is 0.357 e. The van der Waals surface area contributed by atoms with Crippen molar-refractivity contribution in [1.29, 1.82) is 0 Å². The lowest BCUT2D eigenvalue weighted by Gasteiger charge is -2.32. The van der Waals surface area contributed by atoms with E-state index in [0.29, 0.717) is 6.54 Å². The van der Waals surface area contributed by atoms with E-state index in [0.717, 1.165) is 42.9 Å². The first kappa shape index (κ1) is 22.9. The number of hydrogen-bond donors (Lipinski definition) is 3. The third-order valence-electron chi connectivity index (χ3n) is 5.88.